The molecule has 0 aliphatic heterocycles. The summed E-state index contributed by atoms with van der Waals surface area (Å²) < 4.78 is 4.86. The maximum absolute atomic E-state index is 11.7. The number of ether oxygens (including phenoxy) is 1. The molecule has 1 fully saturated rings. The Morgan fingerprint density at radius 2 is 2.18 bits per heavy atom. The van der Waals surface area contributed by atoms with Crippen LogP contribution in [0, 0.1) is 22.7 Å². The molecular weight excluding hydrogens is 276 g/mol. The van der Waals surface area contributed by atoms with Crippen LogP contribution in [0.3, 0.4) is 0 Å². The summed E-state index contributed by atoms with van der Waals surface area (Å²) in [7, 11) is 1.46. The fourth-order valence-corrected chi connectivity index (χ4v) is 5.18. The maximum atomic E-state index is 11.7. The quantitative estimate of drug-likeness (QED) is 0.614. The van der Waals surface area contributed by atoms with Crippen LogP contribution in [-0.4, -0.2) is 24.8 Å². The zero-order valence-electron chi connectivity index (χ0n) is 14.7. The van der Waals surface area contributed by atoms with E-state index in [9.17, 15) is 9.90 Å². The monoisotopic (exact) mass is 308 g/mol. The number of allylic oxidation sites excluding steroid dienone is 1. The first kappa shape index (κ1) is 17.5. The van der Waals surface area contributed by atoms with Crippen molar-refractivity contribution in [2.45, 2.75) is 65.7 Å². The van der Waals surface area contributed by atoms with Gasteiger partial charge in [0.2, 0.25) is 0 Å². The highest BCUT2D eigenvalue weighted by atomic mass is 16.5. The number of esters is 1. The summed E-state index contributed by atoms with van der Waals surface area (Å²) in [6.45, 7) is 7.14. The third-order valence-corrected chi connectivity index (χ3v) is 6.33. The third-order valence-electron chi connectivity index (χ3n) is 6.33. The number of hydrogen-bond donors (Lipinski definition) is 1. The molecule has 2 aliphatic rings. The van der Waals surface area contributed by atoms with Crippen molar-refractivity contribution in [3.05, 3.63) is 11.6 Å². The maximum Gasteiger partial charge on any atom is 0.305 e. The normalized spacial score (nSPS) is 35.0. The molecule has 2 aliphatic carbocycles. The van der Waals surface area contributed by atoms with Crippen molar-refractivity contribution in [2.24, 2.45) is 22.7 Å². The van der Waals surface area contributed by atoms with Crippen LogP contribution in [0.15, 0.2) is 11.6 Å². The van der Waals surface area contributed by atoms with Crippen LogP contribution in [0.4, 0.5) is 0 Å². The summed E-state index contributed by atoms with van der Waals surface area (Å²) in [6.07, 6.45) is 9.28. The molecule has 3 nitrogen and oxygen atoms in total. The highest BCUT2D eigenvalue weighted by Crippen LogP contribution is 2.60. The van der Waals surface area contributed by atoms with Crippen LogP contribution in [-0.2, 0) is 9.53 Å². The lowest BCUT2D eigenvalue weighted by Crippen LogP contribution is -2.48. The smallest absolute Gasteiger partial charge is 0.305 e. The van der Waals surface area contributed by atoms with E-state index in [-0.39, 0.29) is 23.4 Å². The van der Waals surface area contributed by atoms with Crippen LogP contribution in [0.5, 0.6) is 0 Å². The molecule has 2 rings (SSSR count). The molecule has 0 heterocycles. The lowest BCUT2D eigenvalue weighted by molar-refractivity contribution is -0.141. The van der Waals surface area contributed by atoms with Gasteiger partial charge in [0, 0.05) is 11.8 Å². The standard InChI is InChI=1S/C19H32O3/c1-14(2)15-8-12-19(13-20)10-6-5-7-16(19)18(15,3)11-9-17(21)22-4/h7,14-15,20H,5-6,8-13H2,1-4H3/t15-,18-,19+/m0/s1. The number of methoxy groups -OCH3 is 1. The summed E-state index contributed by atoms with van der Waals surface area (Å²) >= 11 is 0. The molecule has 0 bridgehead atoms. The molecule has 0 aromatic carbocycles. The molecule has 126 valence electrons. The Bertz CT molecular complexity index is 440. The lowest BCUT2D eigenvalue weighted by atomic mass is 9.49. The molecule has 0 amide bonds. The molecule has 22 heavy (non-hydrogen) atoms. The van der Waals surface area contributed by atoms with E-state index in [0.717, 1.165) is 32.1 Å². The van der Waals surface area contributed by atoms with Gasteiger partial charge in [0.15, 0.2) is 0 Å². The number of rotatable bonds is 5. The van der Waals surface area contributed by atoms with E-state index in [2.05, 4.69) is 26.8 Å². The lowest BCUT2D eigenvalue weighted by Gasteiger charge is -2.56. The average Bonchev–Trinajstić information content (AvgIpc) is 2.52. The van der Waals surface area contributed by atoms with Gasteiger partial charge >= 0.3 is 5.97 Å². The summed E-state index contributed by atoms with van der Waals surface area (Å²) in [5.74, 6) is 1.03. The highest BCUT2D eigenvalue weighted by molar-refractivity contribution is 5.69. The first-order valence-corrected chi connectivity index (χ1v) is 8.78. The van der Waals surface area contributed by atoms with E-state index in [1.165, 1.54) is 19.1 Å². The molecule has 1 N–H and O–H groups in total. The number of aliphatic hydroxyl groups excluding tert-OH is 1. The molecule has 0 aromatic heterocycles. The van der Waals surface area contributed by atoms with E-state index >= 15 is 0 Å². The van der Waals surface area contributed by atoms with Crippen molar-refractivity contribution in [3.63, 3.8) is 0 Å². The highest BCUT2D eigenvalue weighted by Gasteiger charge is 2.52. The zero-order chi connectivity index (χ0) is 16.4. The Kier molecular flexibility index (Phi) is 5.37. The molecule has 1 saturated carbocycles. The van der Waals surface area contributed by atoms with Gasteiger partial charge in [0.1, 0.15) is 0 Å². The molecule has 0 saturated heterocycles. The fraction of sp³-hybridized carbons (Fsp3) is 0.842. The Morgan fingerprint density at radius 1 is 1.45 bits per heavy atom. The Labute approximate surface area is 135 Å². The minimum atomic E-state index is -0.125. The average molecular weight is 308 g/mol. The van der Waals surface area contributed by atoms with Gasteiger partial charge in [-0.3, -0.25) is 4.79 Å². The first-order chi connectivity index (χ1) is 10.4. The van der Waals surface area contributed by atoms with Gasteiger partial charge in [-0.1, -0.05) is 32.4 Å². The number of carbonyl (C=O) groups is 1. The topological polar surface area (TPSA) is 46.5 Å². The van der Waals surface area contributed by atoms with Crippen molar-refractivity contribution < 1.29 is 14.6 Å². The van der Waals surface area contributed by atoms with Gasteiger partial charge in [0.25, 0.3) is 0 Å². The van der Waals surface area contributed by atoms with E-state index in [1.807, 2.05) is 0 Å². The van der Waals surface area contributed by atoms with Gasteiger partial charge < -0.3 is 9.84 Å². The predicted octanol–water partition coefficient (Wildman–Crippen LogP) is 4.10. The number of hydrogen-bond acceptors (Lipinski definition) is 3. The van der Waals surface area contributed by atoms with Crippen molar-refractivity contribution >= 4 is 5.97 Å². The van der Waals surface area contributed by atoms with E-state index in [4.69, 9.17) is 4.74 Å². The second-order valence-corrected chi connectivity index (χ2v) is 7.83. The fourth-order valence-electron chi connectivity index (χ4n) is 5.18. The van der Waals surface area contributed by atoms with Crippen molar-refractivity contribution in [1.29, 1.82) is 0 Å². The molecule has 0 aromatic rings. The van der Waals surface area contributed by atoms with E-state index in [1.54, 1.807) is 0 Å². The Morgan fingerprint density at radius 3 is 2.77 bits per heavy atom. The second-order valence-electron chi connectivity index (χ2n) is 7.83. The van der Waals surface area contributed by atoms with Crippen LogP contribution in [0.2, 0.25) is 0 Å². The number of aliphatic hydroxyl groups is 1. The van der Waals surface area contributed by atoms with E-state index < -0.39 is 0 Å². The molecule has 0 spiro atoms. The Hall–Kier alpha value is -0.830. The molecule has 3 atom stereocenters. The van der Waals surface area contributed by atoms with Gasteiger partial charge in [0.05, 0.1) is 13.7 Å². The number of fused-ring (bicyclic) bond motifs is 1. The number of carbonyl (C=O) groups excluding carboxylic acids is 1. The van der Waals surface area contributed by atoms with Gasteiger partial charge in [-0.15, -0.1) is 0 Å². The summed E-state index contributed by atoms with van der Waals surface area (Å²) in [4.78, 5) is 11.7. The molecular formula is C19H32O3. The second kappa shape index (κ2) is 6.74. The van der Waals surface area contributed by atoms with Crippen molar-refractivity contribution in [3.8, 4) is 0 Å². The van der Waals surface area contributed by atoms with E-state index in [0.29, 0.717) is 18.3 Å². The minimum Gasteiger partial charge on any atom is -0.469 e. The summed E-state index contributed by atoms with van der Waals surface area (Å²) in [5.41, 5.74) is 1.40. The van der Waals surface area contributed by atoms with Crippen molar-refractivity contribution in [2.75, 3.05) is 13.7 Å². The third kappa shape index (κ3) is 2.97. The SMILES string of the molecule is COC(=O)CC[C@]1(C)C2=CCCC[C@]2(CO)CC[C@H]1C(C)C. The van der Waals surface area contributed by atoms with Crippen LogP contribution < -0.4 is 0 Å². The molecule has 3 heteroatoms. The van der Waals surface area contributed by atoms with Gasteiger partial charge in [-0.25, -0.2) is 0 Å². The van der Waals surface area contributed by atoms with Crippen LogP contribution in [0.1, 0.15) is 65.7 Å². The Balaban J connectivity index is 2.36. The largest absolute Gasteiger partial charge is 0.469 e. The molecule has 0 radical (unpaired) electrons. The van der Waals surface area contributed by atoms with Crippen LogP contribution >= 0.6 is 0 Å². The van der Waals surface area contributed by atoms with Crippen molar-refractivity contribution in [1.82, 2.24) is 0 Å². The minimum absolute atomic E-state index is 0.00373. The first-order valence-electron chi connectivity index (χ1n) is 8.78. The molecule has 0 unspecified atom stereocenters. The van der Waals surface area contributed by atoms with Crippen LogP contribution in [0.25, 0.3) is 0 Å². The predicted molar refractivity (Wildman–Crippen MR) is 88.4 cm³/mol. The summed E-state index contributed by atoms with van der Waals surface area (Å²) in [6, 6.07) is 0. The van der Waals surface area contributed by atoms with Gasteiger partial charge in [-0.2, -0.15) is 0 Å². The zero-order valence-corrected chi connectivity index (χ0v) is 14.7. The summed E-state index contributed by atoms with van der Waals surface area (Å²) in [5, 5.41) is 10.1. The van der Waals surface area contributed by atoms with Gasteiger partial charge in [-0.05, 0) is 55.8 Å².